The number of aliphatic imine (C=N–C) groups is 1. The minimum absolute atomic E-state index is 0. The van der Waals surface area contributed by atoms with Crippen molar-refractivity contribution in [3.8, 4) is 5.69 Å². The third-order valence-electron chi connectivity index (χ3n) is 4.11. The normalized spacial score (nSPS) is 12.3. The molecular formula is C19H26IN7. The van der Waals surface area contributed by atoms with E-state index in [4.69, 9.17) is 0 Å². The zero-order valence-corrected chi connectivity index (χ0v) is 18.2. The lowest BCUT2D eigenvalue weighted by atomic mass is 10.1. The molecule has 144 valence electrons. The molecule has 2 heterocycles. The zero-order chi connectivity index (χ0) is 18.4. The molecule has 0 aliphatic heterocycles. The standard InChI is InChI=1S/C19H25N7.HI/c1-15-13-23-25(14-15)11-9-21-19(20-3)24-16(2)17-6-4-7-18(12-17)26-10-5-8-22-26;/h4-8,10,12-14,16H,9,11H2,1-3H3,(H2,20,21,24);1H. The first kappa shape index (κ1) is 20.9. The van der Waals surface area contributed by atoms with Gasteiger partial charge in [0.2, 0.25) is 0 Å². The summed E-state index contributed by atoms with van der Waals surface area (Å²) in [7, 11) is 1.78. The molecule has 0 bridgehead atoms. The van der Waals surface area contributed by atoms with E-state index in [1.807, 2.05) is 53.1 Å². The Morgan fingerprint density at radius 2 is 2.11 bits per heavy atom. The van der Waals surface area contributed by atoms with Crippen molar-refractivity contribution >= 4 is 29.9 Å². The Morgan fingerprint density at radius 1 is 1.26 bits per heavy atom. The second kappa shape index (κ2) is 10.1. The maximum atomic E-state index is 4.31. The number of guanidine groups is 1. The molecule has 2 aromatic heterocycles. The molecule has 1 atom stereocenters. The highest BCUT2D eigenvalue weighted by Gasteiger charge is 2.09. The maximum Gasteiger partial charge on any atom is 0.191 e. The highest BCUT2D eigenvalue weighted by molar-refractivity contribution is 14.0. The second-order valence-corrected chi connectivity index (χ2v) is 6.19. The molecule has 0 amide bonds. The molecule has 1 aromatic carbocycles. The van der Waals surface area contributed by atoms with Gasteiger partial charge in [-0.05, 0) is 43.2 Å². The molecular weight excluding hydrogens is 453 g/mol. The molecule has 0 saturated carbocycles. The quantitative estimate of drug-likeness (QED) is 0.324. The summed E-state index contributed by atoms with van der Waals surface area (Å²) in [5.41, 5.74) is 3.37. The smallest absolute Gasteiger partial charge is 0.191 e. The van der Waals surface area contributed by atoms with Crippen LogP contribution in [0.5, 0.6) is 0 Å². The number of nitrogens with one attached hydrogen (secondary N) is 2. The highest BCUT2D eigenvalue weighted by atomic mass is 127. The zero-order valence-electron chi connectivity index (χ0n) is 15.8. The van der Waals surface area contributed by atoms with Gasteiger partial charge in [0.05, 0.1) is 24.5 Å². The van der Waals surface area contributed by atoms with E-state index >= 15 is 0 Å². The van der Waals surface area contributed by atoms with Gasteiger partial charge in [-0.1, -0.05) is 12.1 Å². The maximum absolute atomic E-state index is 4.31. The summed E-state index contributed by atoms with van der Waals surface area (Å²) in [6.07, 6.45) is 7.61. The molecule has 0 fully saturated rings. The predicted octanol–water partition coefficient (Wildman–Crippen LogP) is 2.92. The van der Waals surface area contributed by atoms with Crippen molar-refractivity contribution < 1.29 is 0 Å². The molecule has 0 aliphatic rings. The summed E-state index contributed by atoms with van der Waals surface area (Å²) in [6, 6.07) is 10.3. The van der Waals surface area contributed by atoms with Gasteiger partial charge in [-0.2, -0.15) is 10.2 Å². The van der Waals surface area contributed by atoms with Gasteiger partial charge < -0.3 is 10.6 Å². The van der Waals surface area contributed by atoms with Crippen LogP contribution in [0.1, 0.15) is 24.1 Å². The summed E-state index contributed by atoms with van der Waals surface area (Å²) < 4.78 is 3.78. The second-order valence-electron chi connectivity index (χ2n) is 6.19. The van der Waals surface area contributed by atoms with E-state index < -0.39 is 0 Å². The van der Waals surface area contributed by atoms with Gasteiger partial charge in [0.25, 0.3) is 0 Å². The molecule has 0 saturated heterocycles. The van der Waals surface area contributed by atoms with E-state index in [1.54, 1.807) is 13.2 Å². The van der Waals surface area contributed by atoms with E-state index in [0.29, 0.717) is 0 Å². The average molecular weight is 479 g/mol. The van der Waals surface area contributed by atoms with Gasteiger partial charge >= 0.3 is 0 Å². The number of benzene rings is 1. The fourth-order valence-electron chi connectivity index (χ4n) is 2.72. The summed E-state index contributed by atoms with van der Waals surface area (Å²) in [6.45, 7) is 5.70. The van der Waals surface area contributed by atoms with E-state index in [0.717, 1.165) is 30.3 Å². The average Bonchev–Trinajstić information content (AvgIpc) is 3.33. The van der Waals surface area contributed by atoms with Crippen LogP contribution in [0.3, 0.4) is 0 Å². The summed E-state index contributed by atoms with van der Waals surface area (Å²) in [5, 5.41) is 15.3. The molecule has 8 heteroatoms. The molecule has 2 N–H and O–H groups in total. The Hall–Kier alpha value is -2.36. The van der Waals surface area contributed by atoms with Crippen molar-refractivity contribution in [3.63, 3.8) is 0 Å². The first-order chi connectivity index (χ1) is 12.7. The fraction of sp³-hybridized carbons (Fsp3) is 0.316. The van der Waals surface area contributed by atoms with Crippen LogP contribution in [0.4, 0.5) is 0 Å². The van der Waals surface area contributed by atoms with Crippen molar-refractivity contribution in [2.24, 2.45) is 4.99 Å². The molecule has 3 aromatic rings. The number of aromatic nitrogens is 4. The Balaban J connectivity index is 0.00000261. The number of halogens is 1. The predicted molar refractivity (Wildman–Crippen MR) is 119 cm³/mol. The SMILES string of the molecule is CN=C(NCCn1cc(C)cn1)NC(C)c1cccc(-n2cccn2)c1.I. The van der Waals surface area contributed by atoms with Crippen molar-refractivity contribution in [1.29, 1.82) is 0 Å². The summed E-state index contributed by atoms with van der Waals surface area (Å²) in [5.74, 6) is 0.769. The Morgan fingerprint density at radius 3 is 2.78 bits per heavy atom. The first-order valence-corrected chi connectivity index (χ1v) is 8.72. The van der Waals surface area contributed by atoms with E-state index in [9.17, 15) is 0 Å². The van der Waals surface area contributed by atoms with E-state index in [-0.39, 0.29) is 30.0 Å². The fourth-order valence-corrected chi connectivity index (χ4v) is 2.72. The van der Waals surface area contributed by atoms with Gasteiger partial charge in [0.1, 0.15) is 0 Å². The van der Waals surface area contributed by atoms with Crippen LogP contribution in [-0.4, -0.2) is 39.1 Å². The van der Waals surface area contributed by atoms with Crippen molar-refractivity contribution in [1.82, 2.24) is 30.2 Å². The summed E-state index contributed by atoms with van der Waals surface area (Å²) >= 11 is 0. The number of aryl methyl sites for hydroxylation is 1. The minimum Gasteiger partial charge on any atom is -0.355 e. The van der Waals surface area contributed by atoms with Crippen molar-refractivity contribution in [3.05, 3.63) is 66.2 Å². The molecule has 27 heavy (non-hydrogen) atoms. The van der Waals surface area contributed by atoms with Crippen LogP contribution >= 0.6 is 24.0 Å². The monoisotopic (exact) mass is 479 g/mol. The van der Waals surface area contributed by atoms with Gasteiger partial charge in [0, 0.05) is 32.2 Å². The Labute approximate surface area is 176 Å². The van der Waals surface area contributed by atoms with Crippen molar-refractivity contribution in [2.75, 3.05) is 13.6 Å². The van der Waals surface area contributed by atoms with Gasteiger partial charge in [-0.15, -0.1) is 24.0 Å². The lowest BCUT2D eigenvalue weighted by Gasteiger charge is -2.19. The minimum atomic E-state index is 0. The number of rotatable bonds is 6. The van der Waals surface area contributed by atoms with Crippen LogP contribution in [-0.2, 0) is 6.54 Å². The third-order valence-corrected chi connectivity index (χ3v) is 4.11. The van der Waals surface area contributed by atoms with Crippen LogP contribution in [0.15, 0.2) is 60.1 Å². The highest BCUT2D eigenvalue weighted by Crippen LogP contribution is 2.16. The Bertz CT molecular complexity index is 855. The first-order valence-electron chi connectivity index (χ1n) is 8.72. The lowest BCUT2D eigenvalue weighted by Crippen LogP contribution is -2.40. The van der Waals surface area contributed by atoms with Crippen LogP contribution < -0.4 is 10.6 Å². The topological polar surface area (TPSA) is 72.1 Å². The number of nitrogens with zero attached hydrogens (tertiary/aromatic N) is 5. The molecule has 0 spiro atoms. The number of hydrogen-bond donors (Lipinski definition) is 2. The van der Waals surface area contributed by atoms with E-state index in [2.05, 4.69) is 44.9 Å². The van der Waals surface area contributed by atoms with Gasteiger partial charge in [0.15, 0.2) is 5.96 Å². The van der Waals surface area contributed by atoms with Crippen LogP contribution in [0.25, 0.3) is 5.69 Å². The summed E-state index contributed by atoms with van der Waals surface area (Å²) in [4.78, 5) is 4.31. The van der Waals surface area contributed by atoms with Gasteiger partial charge in [-0.3, -0.25) is 9.67 Å². The van der Waals surface area contributed by atoms with E-state index in [1.165, 1.54) is 5.56 Å². The van der Waals surface area contributed by atoms with Crippen LogP contribution in [0.2, 0.25) is 0 Å². The molecule has 0 radical (unpaired) electrons. The number of hydrogen-bond acceptors (Lipinski definition) is 3. The Kier molecular flexibility index (Phi) is 7.83. The molecule has 0 aliphatic carbocycles. The van der Waals surface area contributed by atoms with Gasteiger partial charge in [-0.25, -0.2) is 4.68 Å². The third kappa shape index (κ3) is 5.81. The molecule has 1 unspecified atom stereocenters. The van der Waals surface area contributed by atoms with Crippen LogP contribution in [0, 0.1) is 6.92 Å². The lowest BCUT2D eigenvalue weighted by molar-refractivity contribution is 0.591. The molecule has 7 nitrogen and oxygen atoms in total. The van der Waals surface area contributed by atoms with Crippen molar-refractivity contribution in [2.45, 2.75) is 26.4 Å². The molecule has 3 rings (SSSR count). The largest absolute Gasteiger partial charge is 0.355 e.